The maximum atomic E-state index is 12.9. The fraction of sp³-hybridized carbons (Fsp3) is 0.571. The summed E-state index contributed by atoms with van der Waals surface area (Å²) in [6, 6.07) is 5.51. The standard InChI is InChI=1S/C21H26N2O2S2/c1-13-3-4-14(2)18(5-13)27(24,25)23-20-22-19(12-26-20)21-9-15-6-16(10-21)8-17(7-15)11-21/h3-5,12,15-17H,6-11H2,1-2H3,(H,22,23). The molecule has 0 radical (unpaired) electrons. The minimum Gasteiger partial charge on any atom is -0.255 e. The predicted molar refractivity (Wildman–Crippen MR) is 109 cm³/mol. The van der Waals surface area contributed by atoms with Crippen molar-refractivity contribution in [3.05, 3.63) is 40.4 Å². The molecule has 0 atom stereocenters. The predicted octanol–water partition coefficient (Wildman–Crippen LogP) is 5.03. The molecular weight excluding hydrogens is 376 g/mol. The highest BCUT2D eigenvalue weighted by Gasteiger charge is 2.52. The fourth-order valence-electron chi connectivity index (χ4n) is 6.16. The van der Waals surface area contributed by atoms with Gasteiger partial charge in [-0.3, -0.25) is 4.72 Å². The molecule has 4 saturated carbocycles. The largest absolute Gasteiger partial charge is 0.263 e. The Hall–Kier alpha value is -1.40. The molecule has 6 rings (SSSR count). The molecule has 2 aromatic rings. The first-order valence-electron chi connectivity index (χ1n) is 9.89. The van der Waals surface area contributed by atoms with Crippen molar-refractivity contribution in [2.24, 2.45) is 17.8 Å². The van der Waals surface area contributed by atoms with Crippen molar-refractivity contribution in [1.82, 2.24) is 4.98 Å². The quantitative estimate of drug-likeness (QED) is 0.780. The van der Waals surface area contributed by atoms with Gasteiger partial charge in [-0.05, 0) is 87.3 Å². The Balaban J connectivity index is 1.42. The van der Waals surface area contributed by atoms with Crippen LogP contribution in [0.25, 0.3) is 0 Å². The molecule has 4 bridgehead atoms. The zero-order chi connectivity index (χ0) is 18.8. The van der Waals surface area contributed by atoms with Crippen LogP contribution in [0.4, 0.5) is 5.13 Å². The molecule has 0 amide bonds. The third-order valence-electron chi connectivity index (χ3n) is 6.94. The molecule has 1 aromatic heterocycles. The second-order valence-electron chi connectivity index (χ2n) is 9.11. The van der Waals surface area contributed by atoms with E-state index in [4.69, 9.17) is 4.98 Å². The average Bonchev–Trinajstić information content (AvgIpc) is 3.04. The van der Waals surface area contributed by atoms with Gasteiger partial charge in [-0.25, -0.2) is 13.4 Å². The molecule has 144 valence electrons. The van der Waals surface area contributed by atoms with Crippen molar-refractivity contribution in [3.63, 3.8) is 0 Å². The van der Waals surface area contributed by atoms with E-state index < -0.39 is 10.0 Å². The summed E-state index contributed by atoms with van der Waals surface area (Å²) in [6.07, 6.45) is 7.92. The van der Waals surface area contributed by atoms with Gasteiger partial charge in [0.25, 0.3) is 10.0 Å². The van der Waals surface area contributed by atoms with Crippen LogP contribution in [0.15, 0.2) is 28.5 Å². The van der Waals surface area contributed by atoms with Gasteiger partial charge in [-0.2, -0.15) is 0 Å². The molecule has 6 heteroatoms. The van der Waals surface area contributed by atoms with Gasteiger partial charge in [-0.1, -0.05) is 12.1 Å². The maximum absolute atomic E-state index is 12.9. The highest BCUT2D eigenvalue weighted by atomic mass is 32.2. The van der Waals surface area contributed by atoms with Crippen LogP contribution in [0.5, 0.6) is 0 Å². The number of rotatable bonds is 4. The van der Waals surface area contributed by atoms with Gasteiger partial charge in [0.1, 0.15) is 0 Å². The molecule has 4 fully saturated rings. The molecule has 27 heavy (non-hydrogen) atoms. The van der Waals surface area contributed by atoms with Gasteiger partial charge in [0.05, 0.1) is 10.6 Å². The van der Waals surface area contributed by atoms with Crippen LogP contribution < -0.4 is 4.72 Å². The monoisotopic (exact) mass is 402 g/mol. The normalized spacial score (nSPS) is 32.0. The third-order valence-corrected chi connectivity index (χ3v) is 9.31. The van der Waals surface area contributed by atoms with Crippen LogP contribution in [-0.4, -0.2) is 13.4 Å². The van der Waals surface area contributed by atoms with Crippen LogP contribution in [0, 0.1) is 31.6 Å². The van der Waals surface area contributed by atoms with E-state index >= 15 is 0 Å². The lowest BCUT2D eigenvalue weighted by Gasteiger charge is -2.56. The van der Waals surface area contributed by atoms with Gasteiger partial charge in [0, 0.05) is 10.8 Å². The van der Waals surface area contributed by atoms with E-state index in [2.05, 4.69) is 10.1 Å². The first kappa shape index (κ1) is 17.7. The molecule has 4 aliphatic rings. The summed E-state index contributed by atoms with van der Waals surface area (Å²) < 4.78 is 28.5. The number of nitrogens with zero attached hydrogens (tertiary/aromatic N) is 1. The molecule has 0 aliphatic heterocycles. The summed E-state index contributed by atoms with van der Waals surface area (Å²) in [5, 5.41) is 2.61. The second-order valence-corrected chi connectivity index (χ2v) is 11.6. The van der Waals surface area contributed by atoms with Crippen LogP contribution in [0.3, 0.4) is 0 Å². The maximum Gasteiger partial charge on any atom is 0.263 e. The number of benzene rings is 1. The molecule has 1 N–H and O–H groups in total. The van der Waals surface area contributed by atoms with E-state index in [0.29, 0.717) is 10.0 Å². The van der Waals surface area contributed by atoms with Gasteiger partial charge < -0.3 is 0 Å². The Morgan fingerprint density at radius 1 is 1.07 bits per heavy atom. The van der Waals surface area contributed by atoms with E-state index in [1.807, 2.05) is 26.0 Å². The number of hydrogen-bond acceptors (Lipinski definition) is 4. The van der Waals surface area contributed by atoms with Crippen LogP contribution in [0.2, 0.25) is 0 Å². The number of thiazole rings is 1. The minimum absolute atomic E-state index is 0.203. The summed E-state index contributed by atoms with van der Waals surface area (Å²) in [5.41, 5.74) is 3.03. The van der Waals surface area contributed by atoms with E-state index in [9.17, 15) is 8.42 Å². The SMILES string of the molecule is Cc1ccc(C)c(S(=O)(=O)Nc2nc(C34CC5CC(CC(C5)C3)C4)cs2)c1. The Bertz CT molecular complexity index is 958. The molecule has 1 aromatic carbocycles. The van der Waals surface area contributed by atoms with Crippen LogP contribution >= 0.6 is 11.3 Å². The summed E-state index contributed by atoms with van der Waals surface area (Å²) in [5.74, 6) is 2.56. The molecule has 0 saturated heterocycles. The first-order valence-corrected chi connectivity index (χ1v) is 12.3. The minimum atomic E-state index is -3.61. The Kier molecular flexibility index (Phi) is 3.96. The van der Waals surface area contributed by atoms with Gasteiger partial charge in [-0.15, -0.1) is 11.3 Å². The van der Waals surface area contributed by atoms with Crippen molar-refractivity contribution in [3.8, 4) is 0 Å². The molecule has 0 unspecified atom stereocenters. The number of sulfonamides is 1. The summed E-state index contributed by atoms with van der Waals surface area (Å²) in [6.45, 7) is 3.74. The topological polar surface area (TPSA) is 59.1 Å². The van der Waals surface area contributed by atoms with Crippen molar-refractivity contribution in [1.29, 1.82) is 0 Å². The summed E-state index contributed by atoms with van der Waals surface area (Å²) in [7, 11) is -3.61. The van der Waals surface area contributed by atoms with Gasteiger partial charge in [0.2, 0.25) is 0 Å². The highest BCUT2D eigenvalue weighted by Crippen LogP contribution is 2.60. The highest BCUT2D eigenvalue weighted by molar-refractivity contribution is 7.93. The van der Waals surface area contributed by atoms with Crippen molar-refractivity contribution < 1.29 is 8.42 Å². The summed E-state index contributed by atoms with van der Waals surface area (Å²) in [4.78, 5) is 5.13. The summed E-state index contributed by atoms with van der Waals surface area (Å²) >= 11 is 1.43. The molecule has 0 spiro atoms. The second kappa shape index (κ2) is 6.05. The van der Waals surface area contributed by atoms with Crippen LogP contribution in [0.1, 0.15) is 55.3 Å². The molecule has 4 aliphatic carbocycles. The number of anilines is 1. The molecule has 1 heterocycles. The van der Waals surface area contributed by atoms with Crippen molar-refractivity contribution >= 4 is 26.5 Å². The number of aryl methyl sites for hydroxylation is 2. The lowest BCUT2D eigenvalue weighted by atomic mass is 9.49. The number of nitrogens with one attached hydrogen (secondary N) is 1. The fourth-order valence-corrected chi connectivity index (χ4v) is 8.57. The first-order chi connectivity index (χ1) is 12.8. The zero-order valence-corrected chi connectivity index (χ0v) is 17.5. The molecule has 4 nitrogen and oxygen atoms in total. The van der Waals surface area contributed by atoms with Crippen molar-refractivity contribution in [2.75, 3.05) is 4.72 Å². The van der Waals surface area contributed by atoms with Gasteiger partial charge in [0.15, 0.2) is 5.13 Å². The van der Waals surface area contributed by atoms with E-state index in [1.165, 1.54) is 49.9 Å². The van der Waals surface area contributed by atoms with E-state index in [1.54, 1.807) is 6.07 Å². The molecular formula is C21H26N2O2S2. The Morgan fingerprint density at radius 3 is 2.33 bits per heavy atom. The lowest BCUT2D eigenvalue weighted by Crippen LogP contribution is -2.48. The van der Waals surface area contributed by atoms with Crippen molar-refractivity contribution in [2.45, 2.75) is 62.7 Å². The smallest absolute Gasteiger partial charge is 0.255 e. The van der Waals surface area contributed by atoms with E-state index in [0.717, 1.165) is 34.6 Å². The Labute approximate surface area is 165 Å². The number of aromatic nitrogens is 1. The average molecular weight is 403 g/mol. The Morgan fingerprint density at radius 2 is 1.70 bits per heavy atom. The third kappa shape index (κ3) is 3.01. The van der Waals surface area contributed by atoms with E-state index in [-0.39, 0.29) is 5.41 Å². The van der Waals surface area contributed by atoms with Crippen LogP contribution in [-0.2, 0) is 15.4 Å². The number of hydrogen-bond donors (Lipinski definition) is 1. The zero-order valence-electron chi connectivity index (χ0n) is 15.9. The van der Waals surface area contributed by atoms with Gasteiger partial charge >= 0.3 is 0 Å². The lowest BCUT2D eigenvalue weighted by molar-refractivity contribution is -0.00688.